The first-order chi connectivity index (χ1) is 22.6. The van der Waals surface area contributed by atoms with E-state index in [0.29, 0.717) is 11.5 Å². The molecule has 7 aromatic rings. The van der Waals surface area contributed by atoms with Gasteiger partial charge in [0.15, 0.2) is 0 Å². The van der Waals surface area contributed by atoms with Gasteiger partial charge in [-0.1, -0.05) is 84.1 Å². The van der Waals surface area contributed by atoms with Gasteiger partial charge in [0.1, 0.15) is 28.7 Å². The highest BCUT2D eigenvalue weighted by atomic mass is 16.5. The number of aryl methyl sites for hydroxylation is 2. The van der Waals surface area contributed by atoms with Gasteiger partial charge in [0.25, 0.3) is 0 Å². The van der Waals surface area contributed by atoms with Crippen molar-refractivity contribution in [2.75, 3.05) is 0 Å². The number of benzene rings is 5. The van der Waals surface area contributed by atoms with E-state index in [1.807, 2.05) is 85.2 Å². The third-order valence-electron chi connectivity index (χ3n) is 8.67. The first kappa shape index (κ1) is 27.5. The van der Waals surface area contributed by atoms with Crippen LogP contribution in [0.5, 0.6) is 23.0 Å². The summed E-state index contributed by atoms with van der Waals surface area (Å²) in [6, 6.07) is 44.9. The van der Waals surface area contributed by atoms with Crippen LogP contribution in [-0.2, 0) is 5.41 Å². The minimum Gasteiger partial charge on any atom is -0.457 e. The third kappa shape index (κ3) is 4.54. The van der Waals surface area contributed by atoms with Crippen LogP contribution in [0.3, 0.4) is 0 Å². The van der Waals surface area contributed by atoms with Crippen molar-refractivity contribution in [3.8, 4) is 39.9 Å². The van der Waals surface area contributed by atoms with E-state index in [1.165, 1.54) is 11.1 Å². The molecule has 0 spiro atoms. The largest absolute Gasteiger partial charge is 0.457 e. The Bertz CT molecular complexity index is 2140. The summed E-state index contributed by atoms with van der Waals surface area (Å²) in [4.78, 5) is 4.93. The predicted molar refractivity (Wildman–Crippen MR) is 179 cm³/mol. The topological polar surface area (TPSA) is 62.1 Å². The molecule has 0 aliphatic carbocycles. The van der Waals surface area contributed by atoms with Crippen molar-refractivity contribution in [2.45, 2.75) is 19.3 Å². The Morgan fingerprint density at radius 1 is 0.652 bits per heavy atom. The van der Waals surface area contributed by atoms with E-state index in [-0.39, 0.29) is 0 Å². The molecular weight excluding hydrogens is 568 g/mol. The zero-order valence-corrected chi connectivity index (χ0v) is 25.5. The summed E-state index contributed by atoms with van der Waals surface area (Å²) >= 11 is 0. The Kier molecular flexibility index (Phi) is 6.68. The normalized spacial score (nSPS) is 12.9. The number of pyridine rings is 1. The van der Waals surface area contributed by atoms with Gasteiger partial charge in [-0.25, -0.2) is 4.68 Å². The second-order valence-electron chi connectivity index (χ2n) is 11.5. The Morgan fingerprint density at radius 2 is 1.30 bits per heavy atom. The van der Waals surface area contributed by atoms with Crippen LogP contribution in [0.2, 0.25) is 0 Å². The molecule has 0 saturated carbocycles. The lowest BCUT2D eigenvalue weighted by atomic mass is 9.65. The number of hydrogen-bond donors (Lipinski definition) is 0. The summed E-state index contributed by atoms with van der Waals surface area (Å²) < 4.78 is 14.8. The summed E-state index contributed by atoms with van der Waals surface area (Å²) in [7, 11) is 0. The first-order valence-electron chi connectivity index (χ1n) is 15.3. The van der Waals surface area contributed by atoms with Gasteiger partial charge in [-0.2, -0.15) is 0 Å². The molecule has 0 radical (unpaired) electrons. The fourth-order valence-electron chi connectivity index (χ4n) is 6.66. The van der Waals surface area contributed by atoms with Crippen LogP contribution < -0.4 is 9.47 Å². The number of nitrogens with zero attached hydrogens (tertiary/aromatic N) is 4. The summed E-state index contributed by atoms with van der Waals surface area (Å²) in [6.07, 6.45) is 3.81. The van der Waals surface area contributed by atoms with Crippen LogP contribution in [0, 0.1) is 13.8 Å². The highest BCUT2D eigenvalue weighted by Gasteiger charge is 2.46. The fraction of sp³-hybridized carbons (Fsp3) is 0.0750. The van der Waals surface area contributed by atoms with Crippen molar-refractivity contribution < 1.29 is 9.47 Å². The Morgan fingerprint density at radius 3 is 2.02 bits per heavy atom. The van der Waals surface area contributed by atoms with E-state index in [4.69, 9.17) is 14.5 Å². The van der Waals surface area contributed by atoms with Gasteiger partial charge in [-0.15, -0.1) is 5.10 Å². The van der Waals surface area contributed by atoms with Crippen LogP contribution in [0.25, 0.3) is 16.9 Å². The van der Waals surface area contributed by atoms with Gasteiger partial charge in [-0.3, -0.25) is 4.98 Å². The summed E-state index contributed by atoms with van der Waals surface area (Å²) in [6.45, 7) is 4.19. The van der Waals surface area contributed by atoms with E-state index < -0.39 is 5.41 Å². The molecule has 0 saturated heterocycles. The molecule has 5 aromatic carbocycles. The van der Waals surface area contributed by atoms with E-state index in [1.54, 1.807) is 4.68 Å². The van der Waals surface area contributed by atoms with Crippen LogP contribution in [0.15, 0.2) is 146 Å². The maximum absolute atomic E-state index is 6.55. The third-order valence-corrected chi connectivity index (χ3v) is 8.67. The Balaban J connectivity index is 1.20. The molecule has 222 valence electrons. The highest BCUT2D eigenvalue weighted by molar-refractivity contribution is 5.69. The molecule has 6 heteroatoms. The lowest BCUT2D eigenvalue weighted by Crippen LogP contribution is -2.35. The molecule has 1 aliphatic heterocycles. The monoisotopic (exact) mass is 598 g/mol. The fourth-order valence-corrected chi connectivity index (χ4v) is 6.66. The van der Waals surface area contributed by atoms with Crippen molar-refractivity contribution in [1.29, 1.82) is 0 Å². The van der Waals surface area contributed by atoms with Crippen molar-refractivity contribution in [2.24, 2.45) is 0 Å². The van der Waals surface area contributed by atoms with Gasteiger partial charge in [0, 0.05) is 29.0 Å². The molecule has 0 fully saturated rings. The van der Waals surface area contributed by atoms with Crippen LogP contribution in [0.1, 0.15) is 33.5 Å². The molecular formula is C40H30N4O2. The zero-order chi connectivity index (χ0) is 31.1. The van der Waals surface area contributed by atoms with Crippen LogP contribution in [0.4, 0.5) is 0 Å². The Labute approximate surface area is 267 Å². The molecule has 3 heterocycles. The van der Waals surface area contributed by atoms with Crippen LogP contribution in [-0.4, -0.2) is 20.0 Å². The van der Waals surface area contributed by atoms with Gasteiger partial charge in [0.2, 0.25) is 0 Å². The summed E-state index contributed by atoms with van der Waals surface area (Å²) in [5.74, 6) is 3.01. The number of ether oxygens (including phenoxy) is 2. The smallest absolute Gasteiger partial charge is 0.132 e. The first-order valence-corrected chi connectivity index (χ1v) is 15.3. The van der Waals surface area contributed by atoms with E-state index in [2.05, 4.69) is 84.8 Å². The van der Waals surface area contributed by atoms with Gasteiger partial charge in [-0.05, 0) is 79.1 Å². The molecule has 0 amide bonds. The maximum Gasteiger partial charge on any atom is 0.132 e. The number of para-hydroxylation sites is 2. The molecule has 1 aliphatic rings. The Hall–Kier alpha value is -6.01. The van der Waals surface area contributed by atoms with Gasteiger partial charge >= 0.3 is 0 Å². The van der Waals surface area contributed by atoms with Gasteiger partial charge < -0.3 is 9.47 Å². The average Bonchev–Trinajstić information content (AvgIpc) is 3.58. The van der Waals surface area contributed by atoms with E-state index in [9.17, 15) is 0 Å². The van der Waals surface area contributed by atoms with E-state index >= 15 is 0 Å². The standard InChI is InChI=1S/C40H30N4O2/c1-27-12-9-13-28(2)39(27)35-26-44(43-42-35)30-15-11-17-32(25-30)45-31-16-10-14-29(24-31)40(38-22-7-8-23-41-38)33-18-3-5-20-36(33)46-37-21-6-4-19-34(37)40/h3-26H,1-2H3. The lowest BCUT2D eigenvalue weighted by Gasteiger charge is -2.40. The quantitative estimate of drug-likeness (QED) is 0.191. The van der Waals surface area contributed by atoms with Crippen molar-refractivity contribution in [3.05, 3.63) is 179 Å². The molecule has 0 bridgehead atoms. The van der Waals surface area contributed by atoms with Crippen molar-refractivity contribution >= 4 is 0 Å². The van der Waals surface area contributed by atoms with Crippen LogP contribution >= 0.6 is 0 Å². The molecule has 8 rings (SSSR count). The number of hydrogen-bond acceptors (Lipinski definition) is 5. The van der Waals surface area contributed by atoms with E-state index in [0.717, 1.165) is 50.8 Å². The maximum atomic E-state index is 6.55. The molecule has 0 unspecified atom stereocenters. The SMILES string of the molecule is Cc1cccc(C)c1-c1cn(-c2cccc(Oc3cccc(C4(c5ccccn5)c5ccccc5Oc5ccccc54)c3)c2)nn1. The minimum atomic E-state index is -0.723. The number of aromatic nitrogens is 4. The number of fused-ring (bicyclic) bond motifs is 2. The summed E-state index contributed by atoms with van der Waals surface area (Å²) in [5, 5.41) is 8.94. The average molecular weight is 599 g/mol. The molecule has 2 aromatic heterocycles. The van der Waals surface area contributed by atoms with Crippen molar-refractivity contribution in [3.63, 3.8) is 0 Å². The summed E-state index contributed by atoms with van der Waals surface area (Å²) in [5.41, 5.74) is 8.40. The second kappa shape index (κ2) is 11.2. The second-order valence-corrected chi connectivity index (χ2v) is 11.5. The zero-order valence-electron chi connectivity index (χ0n) is 25.5. The molecule has 46 heavy (non-hydrogen) atoms. The number of rotatable bonds is 6. The van der Waals surface area contributed by atoms with Crippen molar-refractivity contribution in [1.82, 2.24) is 20.0 Å². The molecule has 0 atom stereocenters. The lowest BCUT2D eigenvalue weighted by molar-refractivity contribution is 0.431. The molecule has 6 nitrogen and oxygen atoms in total. The minimum absolute atomic E-state index is 0.693. The van der Waals surface area contributed by atoms with Gasteiger partial charge in [0.05, 0.1) is 23.0 Å². The molecule has 0 N–H and O–H groups in total. The highest BCUT2D eigenvalue weighted by Crippen LogP contribution is 2.55. The predicted octanol–water partition coefficient (Wildman–Crippen LogP) is 9.23.